The lowest BCUT2D eigenvalue weighted by Gasteiger charge is -2.59. The fourth-order valence-electron chi connectivity index (χ4n) is 8.82. The van der Waals surface area contributed by atoms with Gasteiger partial charge in [-0.3, -0.25) is 14.4 Å². The molecule has 4 atom stereocenters. The Morgan fingerprint density at radius 2 is 1.70 bits per heavy atom. The van der Waals surface area contributed by atoms with Crippen LogP contribution >= 0.6 is 0 Å². The molecule has 0 aromatic heterocycles. The Balaban J connectivity index is 1.74. The van der Waals surface area contributed by atoms with E-state index in [1.807, 2.05) is 26.0 Å². The number of phenols is 1. The molecule has 8 heteroatoms. The molecule has 46 heavy (non-hydrogen) atoms. The number of hydrogen-bond acceptors (Lipinski definition) is 8. The van der Waals surface area contributed by atoms with Crippen molar-refractivity contribution in [1.82, 2.24) is 0 Å². The number of aliphatic hydroxyl groups excluding tert-OH is 2. The Morgan fingerprint density at radius 1 is 1.02 bits per heavy atom. The molecule has 0 radical (unpaired) electrons. The van der Waals surface area contributed by atoms with Gasteiger partial charge in [-0.15, -0.1) is 0 Å². The van der Waals surface area contributed by atoms with Crippen molar-refractivity contribution in [2.75, 3.05) is 7.11 Å². The Bertz CT molecular complexity index is 1710. The zero-order valence-corrected chi connectivity index (χ0v) is 28.1. The highest BCUT2D eigenvalue weighted by atomic mass is 16.5. The molecule has 246 valence electrons. The van der Waals surface area contributed by atoms with Crippen molar-refractivity contribution in [2.24, 2.45) is 28.6 Å². The number of allylic oxidation sites excluding steroid dienone is 2. The first-order valence-corrected chi connectivity index (χ1v) is 16.2. The highest BCUT2D eigenvalue weighted by Gasteiger charge is 2.71. The molecular weight excluding hydrogens is 584 g/mol. The quantitative estimate of drug-likeness (QED) is 0.229. The highest BCUT2D eigenvalue weighted by molar-refractivity contribution is 6.25. The molecule has 0 heterocycles. The van der Waals surface area contributed by atoms with Gasteiger partial charge in [0.1, 0.15) is 28.6 Å². The molecule has 0 saturated carbocycles. The van der Waals surface area contributed by atoms with E-state index in [0.29, 0.717) is 22.8 Å². The molecule has 0 spiro atoms. The fraction of sp³-hybridized carbons (Fsp3) is 0.500. The molecule has 0 saturated heterocycles. The number of fused-ring (bicyclic) bond motifs is 3. The highest BCUT2D eigenvalue weighted by Crippen LogP contribution is 2.65. The molecule has 3 aliphatic rings. The summed E-state index contributed by atoms with van der Waals surface area (Å²) in [4.78, 5) is 41.0. The maximum Gasteiger partial charge on any atom is 0.209 e. The van der Waals surface area contributed by atoms with Gasteiger partial charge in [0, 0.05) is 27.9 Å². The summed E-state index contributed by atoms with van der Waals surface area (Å²) in [6, 6.07) is 9.21. The van der Waals surface area contributed by atoms with Crippen LogP contribution in [0.15, 0.2) is 53.0 Å². The summed E-state index contributed by atoms with van der Waals surface area (Å²) >= 11 is 0. The summed E-state index contributed by atoms with van der Waals surface area (Å²) in [6.45, 7) is 12.6. The van der Waals surface area contributed by atoms with Gasteiger partial charge in [0.2, 0.25) is 5.78 Å². The van der Waals surface area contributed by atoms with E-state index in [-0.39, 0.29) is 35.6 Å². The van der Waals surface area contributed by atoms with E-state index in [2.05, 4.69) is 19.9 Å². The van der Waals surface area contributed by atoms with Crippen LogP contribution < -0.4 is 4.74 Å². The van der Waals surface area contributed by atoms with Crippen LogP contribution in [0.3, 0.4) is 0 Å². The molecule has 3 aliphatic carbocycles. The molecule has 0 bridgehead atoms. The van der Waals surface area contributed by atoms with Gasteiger partial charge in [-0.05, 0) is 79.3 Å². The molecule has 1 unspecified atom stereocenters. The van der Waals surface area contributed by atoms with Crippen LogP contribution in [0.2, 0.25) is 0 Å². The van der Waals surface area contributed by atoms with Crippen molar-refractivity contribution >= 4 is 17.3 Å². The maximum atomic E-state index is 14.5. The lowest BCUT2D eigenvalue weighted by atomic mass is 9.44. The standard InChI is InChI=1S/C38H46O8/c1-19(2)10-9-11-22-12-15-27(46-8)24(16-22)23-13-14-26(40)29-25(23)17-36(6)18-37(7)30(20(3)4)32(41)28(21(5)39)34(43)38(37,45)35(44)31(36)33(29)42/h12-16,19-20,30,40-41,44-45H,9-11,17-18H2,1-8H3/t30?,36-,37-,38+/m1/s1. The second-order valence-electron chi connectivity index (χ2n) is 14.8. The maximum absolute atomic E-state index is 14.5. The van der Waals surface area contributed by atoms with E-state index in [0.717, 1.165) is 37.3 Å². The van der Waals surface area contributed by atoms with Crippen molar-refractivity contribution in [3.05, 3.63) is 69.7 Å². The number of ether oxygens (including phenoxy) is 1. The number of benzene rings is 2. The van der Waals surface area contributed by atoms with E-state index >= 15 is 0 Å². The number of carbonyl (C=O) groups excluding carboxylic acids is 3. The topological polar surface area (TPSA) is 141 Å². The van der Waals surface area contributed by atoms with Gasteiger partial charge >= 0.3 is 0 Å². The number of aromatic hydroxyl groups is 1. The molecule has 5 rings (SSSR count). The predicted molar refractivity (Wildman–Crippen MR) is 175 cm³/mol. The van der Waals surface area contributed by atoms with Crippen LogP contribution in [-0.2, 0) is 22.4 Å². The van der Waals surface area contributed by atoms with Crippen LogP contribution in [-0.4, -0.2) is 50.5 Å². The third-order valence-corrected chi connectivity index (χ3v) is 10.7. The first-order valence-electron chi connectivity index (χ1n) is 16.2. The Morgan fingerprint density at radius 3 is 2.28 bits per heavy atom. The minimum absolute atomic E-state index is 0.00941. The number of ketones is 3. The molecule has 2 aromatic carbocycles. The number of methoxy groups -OCH3 is 1. The van der Waals surface area contributed by atoms with Gasteiger partial charge < -0.3 is 25.2 Å². The van der Waals surface area contributed by atoms with Crippen LogP contribution in [0, 0.1) is 28.6 Å². The lowest BCUT2D eigenvalue weighted by Crippen LogP contribution is -2.67. The van der Waals surface area contributed by atoms with Crippen LogP contribution in [0.4, 0.5) is 0 Å². The molecular formula is C38H46O8. The number of Topliss-reactive ketones (excluding diaryl/α,β-unsaturated/α-hetero) is 3. The normalized spacial score (nSPS) is 27.6. The minimum atomic E-state index is -2.64. The largest absolute Gasteiger partial charge is 0.511 e. The molecule has 0 amide bonds. The number of aliphatic hydroxyl groups is 3. The van der Waals surface area contributed by atoms with E-state index in [9.17, 15) is 34.8 Å². The predicted octanol–water partition coefficient (Wildman–Crippen LogP) is 7.00. The van der Waals surface area contributed by atoms with Crippen molar-refractivity contribution in [2.45, 2.75) is 86.2 Å². The van der Waals surface area contributed by atoms with Crippen molar-refractivity contribution in [3.63, 3.8) is 0 Å². The molecule has 8 nitrogen and oxygen atoms in total. The van der Waals surface area contributed by atoms with Gasteiger partial charge in [0.25, 0.3) is 0 Å². The SMILES string of the molecule is COc1ccc(CCCC(C)C)cc1-c1ccc(O)c2c1C[C@]1(C)C[C@]3(C)C(C(C)C)C(O)=C(C(C)=O)C(=O)[C@]3(O)C(O)=C1C2=O. The summed E-state index contributed by atoms with van der Waals surface area (Å²) in [5.74, 6) is -4.09. The third kappa shape index (κ3) is 4.71. The monoisotopic (exact) mass is 630 g/mol. The average Bonchev–Trinajstić information content (AvgIpc) is 2.94. The van der Waals surface area contributed by atoms with E-state index < -0.39 is 56.8 Å². The second-order valence-corrected chi connectivity index (χ2v) is 14.8. The Kier molecular flexibility index (Phi) is 8.30. The van der Waals surface area contributed by atoms with Gasteiger partial charge in [-0.2, -0.15) is 0 Å². The van der Waals surface area contributed by atoms with Gasteiger partial charge in [-0.1, -0.05) is 60.1 Å². The van der Waals surface area contributed by atoms with Gasteiger partial charge in [0.05, 0.1) is 12.7 Å². The van der Waals surface area contributed by atoms with Crippen molar-refractivity contribution in [1.29, 1.82) is 0 Å². The van der Waals surface area contributed by atoms with Gasteiger partial charge in [0.15, 0.2) is 17.2 Å². The van der Waals surface area contributed by atoms with Crippen molar-refractivity contribution < 1.29 is 39.5 Å². The summed E-state index contributed by atoms with van der Waals surface area (Å²) in [5.41, 5.74) is -2.81. The summed E-state index contributed by atoms with van der Waals surface area (Å²) in [7, 11) is 1.58. The van der Waals surface area contributed by atoms with E-state index in [1.54, 1.807) is 27.0 Å². The zero-order chi connectivity index (χ0) is 34.1. The smallest absolute Gasteiger partial charge is 0.209 e. The van der Waals surface area contributed by atoms with E-state index in [1.165, 1.54) is 6.07 Å². The molecule has 2 aromatic rings. The molecule has 0 fully saturated rings. The van der Waals surface area contributed by atoms with Crippen LogP contribution in [0.1, 0.15) is 89.2 Å². The Labute approximate surface area is 270 Å². The average molecular weight is 631 g/mol. The fourth-order valence-corrected chi connectivity index (χ4v) is 8.82. The van der Waals surface area contributed by atoms with Crippen LogP contribution in [0.5, 0.6) is 11.5 Å². The number of rotatable bonds is 8. The molecule has 0 aliphatic heterocycles. The first-order chi connectivity index (χ1) is 21.4. The van der Waals surface area contributed by atoms with Gasteiger partial charge in [-0.25, -0.2) is 0 Å². The van der Waals surface area contributed by atoms with E-state index in [4.69, 9.17) is 4.74 Å². The zero-order valence-electron chi connectivity index (χ0n) is 28.1. The number of aryl methyl sites for hydroxylation is 1. The first kappa shape index (κ1) is 33.5. The Hall–Kier alpha value is -3.91. The minimum Gasteiger partial charge on any atom is -0.511 e. The summed E-state index contributed by atoms with van der Waals surface area (Å²) in [6.07, 6.45) is 3.20. The number of carbonyl (C=O) groups is 3. The number of phenolic OH excluding ortho intramolecular Hbond substituents is 1. The lowest BCUT2D eigenvalue weighted by molar-refractivity contribution is -0.171. The van der Waals surface area contributed by atoms with Crippen LogP contribution in [0.25, 0.3) is 11.1 Å². The summed E-state index contributed by atoms with van der Waals surface area (Å²) in [5, 5.41) is 46.7. The summed E-state index contributed by atoms with van der Waals surface area (Å²) < 4.78 is 5.76. The van der Waals surface area contributed by atoms with Crippen molar-refractivity contribution in [3.8, 4) is 22.6 Å². The molecule has 4 N–H and O–H groups in total. The number of hydrogen-bond donors (Lipinski definition) is 4. The second kappa shape index (κ2) is 11.4. The third-order valence-electron chi connectivity index (χ3n) is 10.7.